The van der Waals surface area contributed by atoms with Crippen LogP contribution in [0.15, 0.2) is 58.3 Å². The lowest BCUT2D eigenvalue weighted by molar-refractivity contribution is 0.0705. The number of benzene rings is 1. The predicted molar refractivity (Wildman–Crippen MR) is 114 cm³/mol. The van der Waals surface area contributed by atoms with Gasteiger partial charge in [0.2, 0.25) is 10.0 Å². The number of thiophene rings is 1. The zero-order valence-corrected chi connectivity index (χ0v) is 18.0. The van der Waals surface area contributed by atoms with Crippen molar-refractivity contribution in [3.05, 3.63) is 59.7 Å². The number of ether oxygens (including phenoxy) is 1. The van der Waals surface area contributed by atoms with Gasteiger partial charge in [0.05, 0.1) is 12.8 Å². The second-order valence-corrected chi connectivity index (χ2v) is 9.85. The van der Waals surface area contributed by atoms with Gasteiger partial charge in [-0.1, -0.05) is 6.07 Å². The number of nitrogens with one attached hydrogen (secondary N) is 1. The van der Waals surface area contributed by atoms with Crippen LogP contribution in [0.5, 0.6) is 5.75 Å². The molecular weight excluding hydrogens is 424 g/mol. The molecule has 10 heteroatoms. The maximum Gasteiger partial charge on any atom is 0.274 e. The summed E-state index contributed by atoms with van der Waals surface area (Å²) in [7, 11) is -1.89. The fraction of sp³-hybridized carbons (Fsp3) is 0.300. The molecule has 2 aromatic heterocycles. The molecule has 0 spiro atoms. The van der Waals surface area contributed by atoms with Crippen molar-refractivity contribution in [2.45, 2.75) is 23.1 Å². The lowest BCUT2D eigenvalue weighted by Crippen LogP contribution is -2.46. The summed E-state index contributed by atoms with van der Waals surface area (Å²) in [6.07, 6.45) is 2.88. The molecule has 0 unspecified atom stereocenters. The molecule has 0 radical (unpaired) electrons. The first-order valence-corrected chi connectivity index (χ1v) is 11.9. The fourth-order valence-electron chi connectivity index (χ4n) is 3.37. The largest absolute Gasteiger partial charge is 0.497 e. The molecule has 1 amide bonds. The molecule has 1 saturated heterocycles. The lowest BCUT2D eigenvalue weighted by atomic mass is 10.1. The van der Waals surface area contributed by atoms with Gasteiger partial charge in [0.25, 0.3) is 5.91 Å². The summed E-state index contributed by atoms with van der Waals surface area (Å²) in [5.74, 6) is 0.599. The molecule has 3 heterocycles. The second kappa shape index (κ2) is 8.58. The zero-order chi connectivity index (χ0) is 21.1. The van der Waals surface area contributed by atoms with Crippen molar-refractivity contribution in [2.24, 2.45) is 0 Å². The Kier molecular flexibility index (Phi) is 5.89. The van der Waals surface area contributed by atoms with Gasteiger partial charge in [-0.05, 0) is 54.6 Å². The van der Waals surface area contributed by atoms with Crippen molar-refractivity contribution in [2.75, 3.05) is 20.2 Å². The van der Waals surface area contributed by atoms with Crippen LogP contribution in [-0.2, 0) is 10.0 Å². The molecule has 1 aliphatic rings. The molecule has 1 aliphatic heterocycles. The topological polar surface area (TPSA) is 93.5 Å². The molecule has 1 aromatic carbocycles. The van der Waals surface area contributed by atoms with Crippen molar-refractivity contribution in [3.8, 4) is 11.4 Å². The quantitative estimate of drug-likeness (QED) is 0.628. The van der Waals surface area contributed by atoms with E-state index in [9.17, 15) is 13.2 Å². The Labute approximate surface area is 179 Å². The highest BCUT2D eigenvalue weighted by molar-refractivity contribution is 7.91. The van der Waals surface area contributed by atoms with E-state index in [2.05, 4.69) is 9.82 Å². The molecule has 0 atom stereocenters. The molecule has 158 valence electrons. The van der Waals surface area contributed by atoms with Gasteiger partial charge < -0.3 is 9.64 Å². The smallest absolute Gasteiger partial charge is 0.274 e. The molecule has 4 rings (SSSR count). The second-order valence-electron chi connectivity index (χ2n) is 6.96. The van der Waals surface area contributed by atoms with Crippen LogP contribution in [0, 0.1) is 0 Å². The lowest BCUT2D eigenvalue weighted by Gasteiger charge is -2.31. The highest BCUT2D eigenvalue weighted by Crippen LogP contribution is 2.20. The molecule has 8 nitrogen and oxygen atoms in total. The zero-order valence-electron chi connectivity index (χ0n) is 16.4. The molecule has 0 aliphatic carbocycles. The molecule has 1 fully saturated rings. The number of hydrogen-bond donors (Lipinski definition) is 1. The van der Waals surface area contributed by atoms with Crippen molar-refractivity contribution >= 4 is 27.3 Å². The third-order valence-corrected chi connectivity index (χ3v) is 7.93. The summed E-state index contributed by atoms with van der Waals surface area (Å²) in [6.45, 7) is 0.956. The summed E-state index contributed by atoms with van der Waals surface area (Å²) in [5.41, 5.74) is 1.19. The first-order chi connectivity index (χ1) is 14.5. The van der Waals surface area contributed by atoms with E-state index < -0.39 is 10.0 Å². The maximum absolute atomic E-state index is 12.8. The summed E-state index contributed by atoms with van der Waals surface area (Å²) < 4.78 is 34.6. The number of carbonyl (C=O) groups excluding carboxylic acids is 1. The number of piperidine rings is 1. The van der Waals surface area contributed by atoms with E-state index in [1.165, 1.54) is 11.3 Å². The van der Waals surface area contributed by atoms with Crippen molar-refractivity contribution in [3.63, 3.8) is 0 Å². The standard InChI is InChI=1S/C20H22N4O4S2/c1-28-17-6-4-16(5-7-17)24-13-10-18(21-24)20(25)23-11-8-15(9-12-23)22-30(26,27)19-3-2-14-29-19/h2-7,10,13-15,22H,8-9,11-12H2,1H3. The average Bonchev–Trinajstić information content (AvgIpc) is 3.46. The highest BCUT2D eigenvalue weighted by Gasteiger charge is 2.28. The molecule has 3 aromatic rings. The molecule has 1 N–H and O–H groups in total. The number of amides is 1. The van der Waals surface area contributed by atoms with Crippen LogP contribution < -0.4 is 9.46 Å². The number of hydrogen-bond acceptors (Lipinski definition) is 6. The molecular formula is C20H22N4O4S2. The monoisotopic (exact) mass is 446 g/mol. The minimum atomic E-state index is -3.50. The van der Waals surface area contributed by atoms with E-state index in [1.807, 2.05) is 24.3 Å². The van der Waals surface area contributed by atoms with Crippen LogP contribution in [0.2, 0.25) is 0 Å². The summed E-state index contributed by atoms with van der Waals surface area (Å²) in [4.78, 5) is 14.5. The highest BCUT2D eigenvalue weighted by atomic mass is 32.2. The first-order valence-electron chi connectivity index (χ1n) is 9.51. The van der Waals surface area contributed by atoms with Crippen LogP contribution in [0.1, 0.15) is 23.3 Å². The van der Waals surface area contributed by atoms with E-state index in [4.69, 9.17) is 4.74 Å². The van der Waals surface area contributed by atoms with Gasteiger partial charge in [-0.15, -0.1) is 11.3 Å². The SMILES string of the molecule is COc1ccc(-n2ccc(C(=O)N3CCC(NS(=O)(=O)c4cccs4)CC3)n2)cc1. The van der Waals surface area contributed by atoms with Crippen LogP contribution in [0.4, 0.5) is 0 Å². The van der Waals surface area contributed by atoms with Gasteiger partial charge in [-0.25, -0.2) is 17.8 Å². The van der Waals surface area contributed by atoms with Crippen LogP contribution in [-0.4, -0.2) is 55.2 Å². The van der Waals surface area contributed by atoms with Crippen LogP contribution in [0.25, 0.3) is 5.69 Å². The summed E-state index contributed by atoms with van der Waals surface area (Å²) in [5, 5.41) is 6.13. The van der Waals surface area contributed by atoms with Gasteiger partial charge in [0, 0.05) is 25.3 Å². The van der Waals surface area contributed by atoms with Crippen LogP contribution >= 0.6 is 11.3 Å². The Morgan fingerprint density at radius 2 is 1.90 bits per heavy atom. The number of aromatic nitrogens is 2. The normalized spacial score (nSPS) is 15.3. The van der Waals surface area contributed by atoms with E-state index in [0.717, 1.165) is 11.4 Å². The Balaban J connectivity index is 1.36. The summed E-state index contributed by atoms with van der Waals surface area (Å²) >= 11 is 1.19. The minimum absolute atomic E-state index is 0.151. The third-order valence-electron chi connectivity index (χ3n) is 5.01. The number of sulfonamides is 1. The fourth-order valence-corrected chi connectivity index (χ4v) is 5.69. The number of carbonyl (C=O) groups is 1. The minimum Gasteiger partial charge on any atom is -0.497 e. The van der Waals surface area contributed by atoms with Gasteiger partial charge in [-0.2, -0.15) is 5.10 Å². The van der Waals surface area contributed by atoms with E-state index in [0.29, 0.717) is 35.8 Å². The molecule has 0 bridgehead atoms. The Morgan fingerprint density at radius 3 is 2.53 bits per heavy atom. The predicted octanol–water partition coefficient (Wildman–Crippen LogP) is 2.53. The number of likely N-dealkylation sites (tertiary alicyclic amines) is 1. The van der Waals surface area contributed by atoms with Gasteiger partial charge in [-0.3, -0.25) is 4.79 Å². The van der Waals surface area contributed by atoms with E-state index in [-0.39, 0.29) is 11.9 Å². The summed E-state index contributed by atoms with van der Waals surface area (Å²) in [6, 6.07) is 12.2. The van der Waals surface area contributed by atoms with Gasteiger partial charge >= 0.3 is 0 Å². The molecule has 30 heavy (non-hydrogen) atoms. The average molecular weight is 447 g/mol. The van der Waals surface area contributed by atoms with Crippen molar-refractivity contribution in [1.82, 2.24) is 19.4 Å². The van der Waals surface area contributed by atoms with Crippen molar-refractivity contribution in [1.29, 1.82) is 0 Å². The van der Waals surface area contributed by atoms with E-state index in [1.54, 1.807) is 46.5 Å². The van der Waals surface area contributed by atoms with Gasteiger partial charge in [0.1, 0.15) is 9.96 Å². The first kappa shape index (κ1) is 20.6. The van der Waals surface area contributed by atoms with Crippen LogP contribution in [0.3, 0.4) is 0 Å². The van der Waals surface area contributed by atoms with E-state index >= 15 is 0 Å². The van der Waals surface area contributed by atoms with Gasteiger partial charge in [0.15, 0.2) is 5.69 Å². The number of rotatable bonds is 6. The number of nitrogens with zero attached hydrogens (tertiary/aromatic N) is 3. The number of methoxy groups -OCH3 is 1. The molecule has 0 saturated carbocycles. The Bertz CT molecular complexity index is 1100. The maximum atomic E-state index is 12.8. The third kappa shape index (κ3) is 4.40. The van der Waals surface area contributed by atoms with Crippen molar-refractivity contribution < 1.29 is 17.9 Å². The Morgan fingerprint density at radius 1 is 1.17 bits per heavy atom. The Hall–Kier alpha value is -2.69.